The van der Waals surface area contributed by atoms with Gasteiger partial charge in [0, 0.05) is 52.4 Å². The van der Waals surface area contributed by atoms with E-state index >= 15 is 0 Å². The Labute approximate surface area is 241 Å². The minimum atomic E-state index is 0.276. The van der Waals surface area contributed by atoms with Crippen LogP contribution >= 0.6 is 0 Å². The summed E-state index contributed by atoms with van der Waals surface area (Å²) in [7, 11) is 0. The number of rotatable bonds is 6. The molecule has 4 saturated heterocycles. The molecule has 0 bridgehead atoms. The van der Waals surface area contributed by atoms with Crippen LogP contribution in [0.2, 0.25) is 0 Å². The fourth-order valence-electron chi connectivity index (χ4n) is 5.12. The van der Waals surface area contributed by atoms with Gasteiger partial charge in [0.05, 0.1) is 52.9 Å². The van der Waals surface area contributed by atoms with Crippen molar-refractivity contribution in [3.63, 3.8) is 0 Å². The number of nitrogens with zero attached hydrogens (tertiary/aromatic N) is 13. The molecule has 0 aromatic carbocycles. The molecule has 7 rings (SSSR count). The lowest BCUT2D eigenvalue weighted by molar-refractivity contribution is 0.121. The summed E-state index contributed by atoms with van der Waals surface area (Å²) >= 11 is 0. The molecule has 0 spiro atoms. The summed E-state index contributed by atoms with van der Waals surface area (Å²) in [6.45, 7) is 10.2. The predicted molar refractivity (Wildman–Crippen MR) is 150 cm³/mol. The molecule has 0 atom stereocenters. The lowest BCUT2D eigenvalue weighted by atomic mass is 10.4. The molecule has 18 nitrogen and oxygen atoms in total. The van der Waals surface area contributed by atoms with Crippen LogP contribution in [0.25, 0.3) is 23.3 Å². The Morgan fingerprint density at radius 1 is 0.405 bits per heavy atom. The minimum absolute atomic E-state index is 0.276. The number of ether oxygens (including phenoxy) is 4. The topological polar surface area (TPSA) is 184 Å². The van der Waals surface area contributed by atoms with Gasteiger partial charge in [-0.05, 0) is 0 Å². The van der Waals surface area contributed by atoms with Crippen molar-refractivity contribution < 1.29 is 18.9 Å². The summed E-state index contributed by atoms with van der Waals surface area (Å²) in [6, 6.07) is 0. The van der Waals surface area contributed by atoms with Crippen molar-refractivity contribution in [2.45, 2.75) is 0 Å². The fraction of sp³-hybridized carbons (Fsp3) is 0.667. The zero-order valence-corrected chi connectivity index (χ0v) is 23.3. The van der Waals surface area contributed by atoms with Crippen LogP contribution in [0.5, 0.6) is 0 Å². The SMILES string of the molecule is Nn1c(-c2nc(N3CCOCC3)nc(N3CCOCC3)n2)nnc1-c1nc(N2CCOCC2)nc(N2CCOCC2)n1. The second-order valence-electron chi connectivity index (χ2n) is 10.1. The highest BCUT2D eigenvalue weighted by atomic mass is 16.5. The molecule has 4 aliphatic heterocycles. The van der Waals surface area contributed by atoms with Gasteiger partial charge in [-0.3, -0.25) is 0 Å². The third-order valence-corrected chi connectivity index (χ3v) is 7.50. The molecule has 0 radical (unpaired) electrons. The van der Waals surface area contributed by atoms with Crippen LogP contribution in [0.4, 0.5) is 23.8 Å². The number of hydrogen-bond acceptors (Lipinski definition) is 17. The van der Waals surface area contributed by atoms with E-state index in [1.54, 1.807) is 0 Å². The van der Waals surface area contributed by atoms with Gasteiger partial charge in [0.1, 0.15) is 0 Å². The van der Waals surface area contributed by atoms with Gasteiger partial charge < -0.3 is 44.4 Å². The van der Waals surface area contributed by atoms with Gasteiger partial charge in [0.2, 0.25) is 47.1 Å². The van der Waals surface area contributed by atoms with Crippen molar-refractivity contribution in [1.29, 1.82) is 0 Å². The van der Waals surface area contributed by atoms with Crippen LogP contribution in [0.15, 0.2) is 0 Å². The predicted octanol–water partition coefficient (Wildman–Crippen LogP) is -1.96. The Kier molecular flexibility index (Phi) is 7.73. The number of nitrogen functional groups attached to an aromatic ring is 1. The molecule has 7 heterocycles. The van der Waals surface area contributed by atoms with Gasteiger partial charge in [-0.1, -0.05) is 0 Å². The van der Waals surface area contributed by atoms with Crippen molar-refractivity contribution in [2.24, 2.45) is 0 Å². The summed E-state index contributed by atoms with van der Waals surface area (Å²) in [5, 5.41) is 8.80. The molecule has 4 fully saturated rings. The van der Waals surface area contributed by atoms with Crippen molar-refractivity contribution in [3.8, 4) is 23.3 Å². The van der Waals surface area contributed by atoms with Crippen LogP contribution in [0, 0.1) is 0 Å². The van der Waals surface area contributed by atoms with E-state index in [0.717, 1.165) is 0 Å². The summed E-state index contributed by atoms with van der Waals surface area (Å²) in [6.07, 6.45) is 0. The molecular weight excluding hydrogens is 548 g/mol. The maximum Gasteiger partial charge on any atom is 0.230 e. The molecule has 3 aromatic rings. The van der Waals surface area contributed by atoms with E-state index in [2.05, 4.69) is 29.8 Å². The van der Waals surface area contributed by atoms with E-state index in [9.17, 15) is 0 Å². The van der Waals surface area contributed by atoms with Crippen LogP contribution in [-0.4, -0.2) is 150 Å². The van der Waals surface area contributed by atoms with E-state index < -0.39 is 0 Å². The number of anilines is 4. The molecule has 2 N–H and O–H groups in total. The second kappa shape index (κ2) is 12.1. The summed E-state index contributed by atoms with van der Waals surface area (Å²) in [5.41, 5.74) is 0. The average molecular weight is 583 g/mol. The second-order valence-corrected chi connectivity index (χ2v) is 10.1. The highest BCUT2D eigenvalue weighted by Crippen LogP contribution is 2.25. The first-order chi connectivity index (χ1) is 20.7. The molecule has 0 saturated carbocycles. The molecule has 0 amide bonds. The molecule has 224 valence electrons. The normalized spacial score (nSPS) is 20.3. The van der Waals surface area contributed by atoms with Gasteiger partial charge in [-0.15, -0.1) is 10.2 Å². The third kappa shape index (κ3) is 5.57. The summed E-state index contributed by atoms with van der Waals surface area (Å²) < 4.78 is 23.5. The van der Waals surface area contributed by atoms with E-state index in [1.165, 1.54) is 4.68 Å². The van der Waals surface area contributed by atoms with Gasteiger partial charge in [-0.25, -0.2) is 4.68 Å². The molecule has 0 aliphatic carbocycles. The Morgan fingerprint density at radius 3 is 0.929 bits per heavy atom. The van der Waals surface area contributed by atoms with Crippen molar-refractivity contribution in [3.05, 3.63) is 0 Å². The summed E-state index contributed by atoms with van der Waals surface area (Å²) in [5.74, 6) is 9.97. The van der Waals surface area contributed by atoms with Crippen LogP contribution in [0.1, 0.15) is 0 Å². The standard InChI is InChI=1S/C24H34N14O4/c25-38-19(17-26-21(34-1-9-39-10-2-34)30-22(27-17)35-3-11-40-12-4-35)32-33-20(38)18-28-23(36-5-13-41-14-6-36)31-24(29-18)37-7-15-42-16-8-37/h1-16,25H2. The zero-order chi connectivity index (χ0) is 28.3. The molecule has 18 heteroatoms. The quantitative estimate of drug-likeness (QED) is 0.316. The molecule has 0 unspecified atom stereocenters. The number of aromatic nitrogens is 9. The van der Waals surface area contributed by atoms with Crippen molar-refractivity contribution >= 4 is 23.8 Å². The van der Waals surface area contributed by atoms with Crippen LogP contribution < -0.4 is 25.4 Å². The largest absolute Gasteiger partial charge is 0.378 e. The highest BCUT2D eigenvalue weighted by Gasteiger charge is 2.27. The smallest absolute Gasteiger partial charge is 0.230 e. The molecular formula is C24H34N14O4. The first-order valence-electron chi connectivity index (χ1n) is 14.3. The number of hydrogen-bond donors (Lipinski definition) is 1. The van der Waals surface area contributed by atoms with Gasteiger partial charge in [0.25, 0.3) is 0 Å². The lowest BCUT2D eigenvalue weighted by Crippen LogP contribution is -2.40. The Morgan fingerprint density at radius 2 is 0.667 bits per heavy atom. The van der Waals surface area contributed by atoms with Crippen molar-refractivity contribution in [2.75, 3.05) is 131 Å². The molecule has 4 aliphatic rings. The Hall–Kier alpha value is -4.00. The Bertz CT molecular complexity index is 1190. The number of nitrogens with two attached hydrogens (primary N) is 1. The Balaban J connectivity index is 1.27. The van der Waals surface area contributed by atoms with Gasteiger partial charge in [0.15, 0.2) is 0 Å². The lowest BCUT2D eigenvalue weighted by Gasteiger charge is -2.30. The monoisotopic (exact) mass is 582 g/mol. The zero-order valence-electron chi connectivity index (χ0n) is 23.3. The molecule has 3 aromatic heterocycles. The van der Waals surface area contributed by atoms with E-state index in [-0.39, 0.29) is 11.6 Å². The van der Waals surface area contributed by atoms with E-state index in [1.807, 2.05) is 0 Å². The summed E-state index contributed by atoms with van der Waals surface area (Å²) in [4.78, 5) is 36.9. The van der Waals surface area contributed by atoms with Gasteiger partial charge >= 0.3 is 0 Å². The maximum absolute atomic E-state index is 6.64. The van der Waals surface area contributed by atoms with Gasteiger partial charge in [-0.2, -0.15) is 29.9 Å². The maximum atomic E-state index is 6.64. The first kappa shape index (κ1) is 26.9. The van der Waals surface area contributed by atoms with E-state index in [4.69, 9.17) is 54.7 Å². The van der Waals surface area contributed by atoms with Crippen LogP contribution in [-0.2, 0) is 18.9 Å². The van der Waals surface area contributed by atoms with Crippen molar-refractivity contribution in [1.82, 2.24) is 44.8 Å². The number of morpholine rings is 4. The fourth-order valence-corrected chi connectivity index (χ4v) is 5.12. The van der Waals surface area contributed by atoms with Crippen LogP contribution in [0.3, 0.4) is 0 Å². The average Bonchev–Trinajstić information content (AvgIpc) is 3.47. The highest BCUT2D eigenvalue weighted by molar-refractivity contribution is 5.58. The third-order valence-electron chi connectivity index (χ3n) is 7.50. The molecule has 42 heavy (non-hydrogen) atoms. The first-order valence-corrected chi connectivity index (χ1v) is 14.3. The minimum Gasteiger partial charge on any atom is -0.378 e. The van der Waals surface area contributed by atoms with E-state index in [0.29, 0.717) is 141 Å².